The first-order valence-electron chi connectivity index (χ1n) is 16.8. The third-order valence-corrected chi connectivity index (χ3v) is 10.4. The largest absolute Gasteiger partial charge is 0.461 e. The van der Waals surface area contributed by atoms with Crippen molar-refractivity contribution in [2.24, 2.45) is 0 Å². The lowest BCUT2D eigenvalue weighted by Gasteiger charge is -2.42. The Bertz CT molecular complexity index is 1780. The number of halogens is 5. The molecule has 4 atom stereocenters. The van der Waals surface area contributed by atoms with Crippen molar-refractivity contribution >= 4 is 28.5 Å². The summed E-state index contributed by atoms with van der Waals surface area (Å²) in [6, 6.07) is 4.34. The molecule has 7 rings (SSSR count). The number of aryl methyl sites for hydroxylation is 1. The van der Waals surface area contributed by atoms with Crippen molar-refractivity contribution < 1.29 is 36.2 Å². The van der Waals surface area contributed by atoms with Gasteiger partial charge in [0, 0.05) is 42.7 Å². The number of fused-ring (bicyclic) bond motifs is 4. The van der Waals surface area contributed by atoms with Gasteiger partial charge in [-0.1, -0.05) is 6.07 Å². The van der Waals surface area contributed by atoms with Gasteiger partial charge in [0.1, 0.15) is 29.7 Å². The van der Waals surface area contributed by atoms with Crippen LogP contribution in [0.5, 0.6) is 6.01 Å². The number of alkyl halides is 4. The van der Waals surface area contributed by atoms with Crippen LogP contribution in [0, 0.1) is 12.7 Å². The van der Waals surface area contributed by atoms with Crippen LogP contribution in [-0.2, 0) is 10.9 Å². The molecule has 0 aliphatic carbocycles. The summed E-state index contributed by atoms with van der Waals surface area (Å²) in [6.07, 6.45) is -2.74. The van der Waals surface area contributed by atoms with Gasteiger partial charge in [-0.2, -0.15) is 23.1 Å². The third kappa shape index (κ3) is 6.10. The minimum Gasteiger partial charge on any atom is -0.461 e. The Morgan fingerprint density at radius 2 is 1.78 bits per heavy atom. The number of piperazine rings is 1. The van der Waals surface area contributed by atoms with Crippen LogP contribution in [0.15, 0.2) is 24.3 Å². The van der Waals surface area contributed by atoms with Crippen LogP contribution in [-0.4, -0.2) is 88.0 Å². The molecule has 4 aliphatic heterocycles. The number of rotatable bonds is 5. The summed E-state index contributed by atoms with van der Waals surface area (Å²) in [6.45, 7) is 8.80. The zero-order chi connectivity index (χ0) is 35.0. The molecule has 264 valence electrons. The summed E-state index contributed by atoms with van der Waals surface area (Å²) >= 11 is 0. The minimum atomic E-state index is -4.77. The topological polar surface area (TPSA) is 97.0 Å². The monoisotopic (exact) mass is 688 g/mol. The van der Waals surface area contributed by atoms with Crippen molar-refractivity contribution in [1.29, 1.82) is 0 Å². The van der Waals surface area contributed by atoms with Crippen molar-refractivity contribution in [2.75, 3.05) is 43.4 Å². The van der Waals surface area contributed by atoms with Gasteiger partial charge in [0.15, 0.2) is 5.82 Å². The molecule has 4 fully saturated rings. The van der Waals surface area contributed by atoms with Crippen LogP contribution in [0.1, 0.15) is 64.0 Å². The van der Waals surface area contributed by atoms with E-state index in [0.29, 0.717) is 31.9 Å². The number of carbonyl (C=O) groups excluding carboxylic acids is 1. The van der Waals surface area contributed by atoms with Gasteiger partial charge in [-0.05, 0) is 89.2 Å². The van der Waals surface area contributed by atoms with Gasteiger partial charge in [0.2, 0.25) is 0 Å². The fourth-order valence-electron chi connectivity index (χ4n) is 8.16. The molecule has 9 nitrogen and oxygen atoms in total. The molecule has 2 N–H and O–H groups in total. The number of nitrogens with two attached hydrogens (primary N) is 1. The Kier molecular flexibility index (Phi) is 8.11. The SMILES string of the molecule is Cc1cc(C(F)(F)F)c(-c2ccc3c(N4C[C@H]5CC[C@@H](C4)N5C(=O)OC(C)(C)C)nc(OC[C@@]45CCCN4C[C@H](F)C5)nc3c2F)cc1N. The fraction of sp³-hybridized carbons (Fsp3) is 0.571. The van der Waals surface area contributed by atoms with Crippen molar-refractivity contribution in [3.8, 4) is 17.1 Å². The molecule has 4 saturated heterocycles. The summed E-state index contributed by atoms with van der Waals surface area (Å²) in [5, 5.41) is 0.290. The highest BCUT2D eigenvalue weighted by atomic mass is 19.4. The maximum Gasteiger partial charge on any atom is 0.417 e. The molecule has 0 unspecified atom stereocenters. The Morgan fingerprint density at radius 1 is 1.06 bits per heavy atom. The van der Waals surface area contributed by atoms with Crippen molar-refractivity contribution in [2.45, 2.75) is 95.4 Å². The second kappa shape index (κ2) is 11.8. The number of hydrogen-bond acceptors (Lipinski definition) is 8. The molecule has 1 aromatic heterocycles. The number of nitrogens with zero attached hydrogens (tertiary/aromatic N) is 5. The molecule has 49 heavy (non-hydrogen) atoms. The Hall–Kier alpha value is -3.94. The summed E-state index contributed by atoms with van der Waals surface area (Å²) in [7, 11) is 0. The molecule has 3 aromatic rings. The summed E-state index contributed by atoms with van der Waals surface area (Å²) in [5.41, 5.74) is 3.21. The molecule has 4 aliphatic rings. The van der Waals surface area contributed by atoms with Gasteiger partial charge in [-0.15, -0.1) is 0 Å². The quantitative estimate of drug-likeness (QED) is 0.229. The van der Waals surface area contributed by atoms with E-state index < -0.39 is 46.5 Å². The van der Waals surface area contributed by atoms with Crippen LogP contribution < -0.4 is 15.4 Å². The van der Waals surface area contributed by atoms with Gasteiger partial charge >= 0.3 is 18.3 Å². The highest BCUT2D eigenvalue weighted by molar-refractivity contribution is 5.94. The Balaban J connectivity index is 1.30. The first kappa shape index (κ1) is 33.6. The summed E-state index contributed by atoms with van der Waals surface area (Å²) in [5.74, 6) is -0.623. The molecule has 0 saturated carbocycles. The number of nitrogen functional groups attached to an aromatic ring is 1. The van der Waals surface area contributed by atoms with E-state index in [2.05, 4.69) is 9.88 Å². The molecular formula is C35H41F5N6O3. The van der Waals surface area contributed by atoms with Crippen LogP contribution >= 0.6 is 0 Å². The lowest BCUT2D eigenvalue weighted by Crippen LogP contribution is -2.57. The highest BCUT2D eigenvalue weighted by Crippen LogP contribution is 2.44. The molecule has 14 heteroatoms. The highest BCUT2D eigenvalue weighted by Gasteiger charge is 2.50. The third-order valence-electron chi connectivity index (χ3n) is 10.4. The zero-order valence-corrected chi connectivity index (χ0v) is 28.0. The number of hydrogen-bond donors (Lipinski definition) is 1. The standard InChI is InChI=1S/C35H41F5N6O3/c1-19-12-26(35(38,39)40)25(13-27(19)41)23-8-9-24-29(28(23)37)42-31(48-18-34-10-5-11-45(34)15-20(36)14-34)43-30(24)44-16-21-6-7-22(17-44)46(21)32(47)49-33(2,3)4/h8-9,12-13,20-22H,5-7,10-11,14-18,41H2,1-4H3/t20-,21-,22+,34+/m1/s1. The Morgan fingerprint density at radius 3 is 2.45 bits per heavy atom. The first-order valence-corrected chi connectivity index (χ1v) is 16.8. The predicted molar refractivity (Wildman–Crippen MR) is 175 cm³/mol. The average molecular weight is 689 g/mol. The van der Waals surface area contributed by atoms with E-state index in [1.54, 1.807) is 4.90 Å². The van der Waals surface area contributed by atoms with Gasteiger partial charge < -0.3 is 20.1 Å². The summed E-state index contributed by atoms with van der Waals surface area (Å²) < 4.78 is 85.7. The van der Waals surface area contributed by atoms with Crippen molar-refractivity contribution in [3.05, 3.63) is 41.2 Å². The molecule has 0 radical (unpaired) electrons. The number of carbonyl (C=O) groups is 1. The summed E-state index contributed by atoms with van der Waals surface area (Å²) in [4.78, 5) is 28.1. The minimum absolute atomic E-state index is 0.0874. The number of ether oxygens (including phenoxy) is 2. The van der Waals surface area contributed by atoms with Gasteiger partial charge in [-0.25, -0.2) is 13.6 Å². The van der Waals surface area contributed by atoms with Crippen molar-refractivity contribution in [1.82, 2.24) is 19.8 Å². The van der Waals surface area contributed by atoms with Gasteiger partial charge in [-0.3, -0.25) is 9.80 Å². The normalized spacial score (nSPS) is 25.7. The number of aromatic nitrogens is 2. The van der Waals surface area contributed by atoms with Crippen LogP contribution in [0.25, 0.3) is 22.0 Å². The first-order chi connectivity index (χ1) is 23.0. The maximum atomic E-state index is 16.7. The van der Waals surface area contributed by atoms with E-state index in [1.807, 2.05) is 25.7 Å². The molecule has 1 amide bonds. The van der Waals surface area contributed by atoms with E-state index in [-0.39, 0.29) is 52.4 Å². The number of anilines is 2. The van der Waals surface area contributed by atoms with Gasteiger partial charge in [0.05, 0.1) is 23.2 Å². The van der Waals surface area contributed by atoms with E-state index in [9.17, 15) is 22.4 Å². The van der Waals surface area contributed by atoms with Crippen LogP contribution in [0.4, 0.5) is 38.3 Å². The average Bonchev–Trinajstić information content (AvgIpc) is 3.63. The van der Waals surface area contributed by atoms with Crippen LogP contribution in [0.3, 0.4) is 0 Å². The number of amides is 1. The molecule has 2 aromatic carbocycles. The maximum absolute atomic E-state index is 16.7. The number of benzene rings is 2. The lowest BCUT2D eigenvalue weighted by atomic mass is 9.94. The van der Waals surface area contributed by atoms with E-state index in [1.165, 1.54) is 19.1 Å². The van der Waals surface area contributed by atoms with E-state index in [0.717, 1.165) is 44.4 Å². The zero-order valence-electron chi connectivity index (χ0n) is 28.0. The van der Waals surface area contributed by atoms with Gasteiger partial charge in [0.25, 0.3) is 0 Å². The fourth-order valence-corrected chi connectivity index (χ4v) is 8.16. The molecule has 5 heterocycles. The smallest absolute Gasteiger partial charge is 0.417 e. The van der Waals surface area contributed by atoms with E-state index >= 15 is 4.39 Å². The Labute approximate surface area is 281 Å². The second-order valence-corrected chi connectivity index (χ2v) is 14.9. The van der Waals surface area contributed by atoms with E-state index in [4.69, 9.17) is 20.2 Å². The van der Waals surface area contributed by atoms with Crippen molar-refractivity contribution in [3.63, 3.8) is 0 Å². The molecule has 0 spiro atoms. The molecular weight excluding hydrogens is 647 g/mol. The van der Waals surface area contributed by atoms with Crippen LogP contribution in [0.2, 0.25) is 0 Å². The predicted octanol–water partition coefficient (Wildman–Crippen LogP) is 6.89. The second-order valence-electron chi connectivity index (χ2n) is 14.9. The lowest BCUT2D eigenvalue weighted by molar-refractivity contribution is -0.137. The molecule has 2 bridgehead atoms.